The van der Waals surface area contributed by atoms with Crippen molar-refractivity contribution in [1.82, 2.24) is 10.3 Å². The Bertz CT molecular complexity index is 395. The van der Waals surface area contributed by atoms with Crippen LogP contribution in [0, 0.1) is 0 Å². The second-order valence-electron chi connectivity index (χ2n) is 5.47. The molecule has 2 N–H and O–H groups in total. The predicted octanol–water partition coefficient (Wildman–Crippen LogP) is 2.26. The van der Waals surface area contributed by atoms with Gasteiger partial charge in [-0.3, -0.25) is 0 Å². The van der Waals surface area contributed by atoms with E-state index in [1.54, 1.807) is 6.20 Å². The van der Waals surface area contributed by atoms with Crippen molar-refractivity contribution >= 4 is 0 Å². The van der Waals surface area contributed by atoms with E-state index in [0.29, 0.717) is 12.4 Å². The minimum absolute atomic E-state index is 0.119. The van der Waals surface area contributed by atoms with Gasteiger partial charge in [-0.2, -0.15) is 0 Å². The molecule has 1 heterocycles. The standard InChI is InChI=1S/C15H24N2O2/c1-11(2)19-15-12(6-5-9-16-15)10-17-13-7-3-4-8-14(13)18/h5-6,9,11,13-14,17-18H,3-4,7-8,10H2,1-2H3/t13-,14-/m1/s1. The Balaban J connectivity index is 1.94. The molecule has 0 unspecified atom stereocenters. The predicted molar refractivity (Wildman–Crippen MR) is 75.1 cm³/mol. The second kappa shape index (κ2) is 6.87. The minimum atomic E-state index is -0.222. The zero-order chi connectivity index (χ0) is 13.7. The molecular formula is C15H24N2O2. The van der Waals surface area contributed by atoms with Crippen molar-refractivity contribution in [1.29, 1.82) is 0 Å². The summed E-state index contributed by atoms with van der Waals surface area (Å²) < 4.78 is 5.70. The van der Waals surface area contributed by atoms with Crippen molar-refractivity contribution in [2.75, 3.05) is 0 Å². The first-order chi connectivity index (χ1) is 9.16. The summed E-state index contributed by atoms with van der Waals surface area (Å²) in [5, 5.41) is 13.4. The molecule has 1 aliphatic carbocycles. The molecule has 0 radical (unpaired) electrons. The number of ether oxygens (including phenoxy) is 1. The highest BCUT2D eigenvalue weighted by Crippen LogP contribution is 2.20. The fourth-order valence-electron chi connectivity index (χ4n) is 2.48. The Labute approximate surface area is 115 Å². The van der Waals surface area contributed by atoms with Crippen LogP contribution in [-0.2, 0) is 6.54 Å². The SMILES string of the molecule is CC(C)Oc1ncccc1CN[C@@H]1CCCC[C@H]1O. The van der Waals surface area contributed by atoms with Crippen LogP contribution in [0.1, 0.15) is 45.1 Å². The molecule has 1 aromatic heterocycles. The van der Waals surface area contributed by atoms with E-state index in [2.05, 4.69) is 10.3 Å². The molecule has 1 aliphatic rings. The number of hydrogen-bond acceptors (Lipinski definition) is 4. The fraction of sp³-hybridized carbons (Fsp3) is 0.667. The van der Waals surface area contributed by atoms with Crippen LogP contribution in [0.5, 0.6) is 5.88 Å². The fourth-order valence-corrected chi connectivity index (χ4v) is 2.48. The quantitative estimate of drug-likeness (QED) is 0.856. The van der Waals surface area contributed by atoms with E-state index in [4.69, 9.17) is 4.74 Å². The molecule has 2 atom stereocenters. The first kappa shape index (κ1) is 14.3. The molecule has 0 saturated heterocycles. The van der Waals surface area contributed by atoms with Crippen LogP contribution in [0.3, 0.4) is 0 Å². The van der Waals surface area contributed by atoms with Crippen molar-refractivity contribution in [3.63, 3.8) is 0 Å². The summed E-state index contributed by atoms with van der Waals surface area (Å²) in [5.41, 5.74) is 1.05. The van der Waals surface area contributed by atoms with E-state index in [9.17, 15) is 5.11 Å². The molecule has 0 amide bonds. The highest BCUT2D eigenvalue weighted by atomic mass is 16.5. The molecule has 2 rings (SSSR count). The van der Waals surface area contributed by atoms with Gasteiger partial charge in [0.2, 0.25) is 5.88 Å². The van der Waals surface area contributed by atoms with E-state index in [1.165, 1.54) is 6.42 Å². The van der Waals surface area contributed by atoms with Gasteiger partial charge in [-0.15, -0.1) is 0 Å². The molecule has 4 heteroatoms. The van der Waals surface area contributed by atoms with E-state index in [1.807, 2.05) is 26.0 Å². The molecular weight excluding hydrogens is 240 g/mol. The Morgan fingerprint density at radius 2 is 2.21 bits per heavy atom. The van der Waals surface area contributed by atoms with Crippen LogP contribution < -0.4 is 10.1 Å². The number of aliphatic hydroxyl groups is 1. The number of rotatable bonds is 5. The maximum absolute atomic E-state index is 9.95. The maximum Gasteiger partial charge on any atom is 0.218 e. The molecule has 0 bridgehead atoms. The van der Waals surface area contributed by atoms with Crippen molar-refractivity contribution in [3.05, 3.63) is 23.9 Å². The number of hydrogen-bond donors (Lipinski definition) is 2. The van der Waals surface area contributed by atoms with Gasteiger partial charge in [0.25, 0.3) is 0 Å². The van der Waals surface area contributed by atoms with Gasteiger partial charge in [0.05, 0.1) is 12.2 Å². The highest BCUT2D eigenvalue weighted by Gasteiger charge is 2.22. The lowest BCUT2D eigenvalue weighted by atomic mass is 9.92. The number of aromatic nitrogens is 1. The first-order valence-corrected chi connectivity index (χ1v) is 7.19. The van der Waals surface area contributed by atoms with Gasteiger partial charge in [-0.05, 0) is 32.8 Å². The van der Waals surface area contributed by atoms with Crippen LogP contribution in [0.4, 0.5) is 0 Å². The van der Waals surface area contributed by atoms with Crippen LogP contribution in [0.15, 0.2) is 18.3 Å². The zero-order valence-corrected chi connectivity index (χ0v) is 11.8. The van der Waals surface area contributed by atoms with E-state index < -0.39 is 0 Å². The Morgan fingerprint density at radius 3 is 2.95 bits per heavy atom. The lowest BCUT2D eigenvalue weighted by Gasteiger charge is -2.28. The Hall–Kier alpha value is -1.13. The molecule has 4 nitrogen and oxygen atoms in total. The monoisotopic (exact) mass is 264 g/mol. The molecule has 0 aromatic carbocycles. The summed E-state index contributed by atoms with van der Waals surface area (Å²) in [6.07, 6.45) is 5.91. The number of nitrogens with one attached hydrogen (secondary N) is 1. The Kier molecular flexibility index (Phi) is 5.16. The lowest BCUT2D eigenvalue weighted by molar-refractivity contribution is 0.0899. The molecule has 106 valence electrons. The van der Waals surface area contributed by atoms with Gasteiger partial charge >= 0.3 is 0 Å². The van der Waals surface area contributed by atoms with Crippen LogP contribution in [0.25, 0.3) is 0 Å². The number of pyridine rings is 1. The van der Waals surface area contributed by atoms with Gasteiger partial charge in [0, 0.05) is 24.3 Å². The largest absolute Gasteiger partial charge is 0.475 e. The van der Waals surface area contributed by atoms with Crippen molar-refractivity contribution in [2.45, 2.75) is 64.3 Å². The first-order valence-electron chi connectivity index (χ1n) is 7.19. The van der Waals surface area contributed by atoms with Gasteiger partial charge in [0.1, 0.15) is 0 Å². The third kappa shape index (κ3) is 4.18. The summed E-state index contributed by atoms with van der Waals surface area (Å²) in [6, 6.07) is 4.13. The number of nitrogens with zero attached hydrogens (tertiary/aromatic N) is 1. The van der Waals surface area contributed by atoms with Crippen LogP contribution in [0.2, 0.25) is 0 Å². The van der Waals surface area contributed by atoms with Crippen molar-refractivity contribution < 1.29 is 9.84 Å². The summed E-state index contributed by atoms with van der Waals surface area (Å²) in [4.78, 5) is 4.28. The van der Waals surface area contributed by atoms with Gasteiger partial charge in [-0.1, -0.05) is 18.9 Å². The van der Waals surface area contributed by atoms with Gasteiger partial charge in [0.15, 0.2) is 0 Å². The summed E-state index contributed by atoms with van der Waals surface area (Å²) in [7, 11) is 0. The number of aliphatic hydroxyl groups excluding tert-OH is 1. The summed E-state index contributed by atoms with van der Waals surface area (Å²) >= 11 is 0. The van der Waals surface area contributed by atoms with Crippen LogP contribution in [-0.4, -0.2) is 28.3 Å². The molecule has 0 aliphatic heterocycles. The van der Waals surface area contributed by atoms with Crippen molar-refractivity contribution in [3.8, 4) is 5.88 Å². The normalized spacial score (nSPS) is 23.6. The molecule has 1 fully saturated rings. The summed E-state index contributed by atoms with van der Waals surface area (Å²) in [5.74, 6) is 0.690. The average molecular weight is 264 g/mol. The van der Waals surface area contributed by atoms with E-state index >= 15 is 0 Å². The van der Waals surface area contributed by atoms with Gasteiger partial charge in [-0.25, -0.2) is 4.98 Å². The van der Waals surface area contributed by atoms with E-state index in [-0.39, 0.29) is 18.2 Å². The summed E-state index contributed by atoms with van der Waals surface area (Å²) in [6.45, 7) is 4.69. The van der Waals surface area contributed by atoms with Crippen LogP contribution >= 0.6 is 0 Å². The van der Waals surface area contributed by atoms with E-state index in [0.717, 1.165) is 24.8 Å². The maximum atomic E-state index is 9.95. The topological polar surface area (TPSA) is 54.4 Å². The third-order valence-electron chi connectivity index (χ3n) is 3.48. The molecule has 0 spiro atoms. The van der Waals surface area contributed by atoms with Crippen molar-refractivity contribution in [2.24, 2.45) is 0 Å². The molecule has 1 saturated carbocycles. The second-order valence-corrected chi connectivity index (χ2v) is 5.47. The smallest absolute Gasteiger partial charge is 0.218 e. The molecule has 1 aromatic rings. The third-order valence-corrected chi connectivity index (χ3v) is 3.48. The lowest BCUT2D eigenvalue weighted by Crippen LogP contribution is -2.41. The highest BCUT2D eigenvalue weighted by molar-refractivity contribution is 5.25. The zero-order valence-electron chi connectivity index (χ0n) is 11.8. The Morgan fingerprint density at radius 1 is 1.42 bits per heavy atom. The molecule has 19 heavy (non-hydrogen) atoms. The minimum Gasteiger partial charge on any atom is -0.475 e. The average Bonchev–Trinajstić information content (AvgIpc) is 2.39. The van der Waals surface area contributed by atoms with Gasteiger partial charge < -0.3 is 15.2 Å².